The molecule has 2 aliphatic rings. The fourth-order valence-corrected chi connectivity index (χ4v) is 3.80. The molecule has 1 saturated heterocycles. The first-order chi connectivity index (χ1) is 11.3. The quantitative estimate of drug-likeness (QED) is 0.774. The average molecular weight is 331 g/mol. The summed E-state index contributed by atoms with van der Waals surface area (Å²) in [6.07, 6.45) is 6.18. The van der Waals surface area contributed by atoms with Crippen LogP contribution in [0.3, 0.4) is 0 Å². The van der Waals surface area contributed by atoms with Gasteiger partial charge in [0.15, 0.2) is 0 Å². The van der Waals surface area contributed by atoms with Gasteiger partial charge >= 0.3 is 0 Å². The molecule has 7 nitrogen and oxygen atoms in total. The molecule has 0 saturated carbocycles. The Labute approximate surface area is 138 Å². The summed E-state index contributed by atoms with van der Waals surface area (Å²) in [6, 6.07) is 3.81. The summed E-state index contributed by atoms with van der Waals surface area (Å²) < 4.78 is 7.88. The molecular formula is C15H17N5O2S. The highest BCUT2D eigenvalue weighted by Gasteiger charge is 2.38. The molecule has 0 spiro atoms. The van der Waals surface area contributed by atoms with Gasteiger partial charge in [-0.05, 0) is 24.8 Å². The summed E-state index contributed by atoms with van der Waals surface area (Å²) in [6.45, 7) is 1.76. The molecule has 0 unspecified atom stereocenters. The van der Waals surface area contributed by atoms with Crippen molar-refractivity contribution in [2.24, 2.45) is 0 Å². The molecule has 2 aromatic rings. The second-order valence-corrected chi connectivity index (χ2v) is 6.48. The third-order valence-electron chi connectivity index (χ3n) is 4.41. The normalized spacial score (nSPS) is 23.3. The van der Waals surface area contributed by atoms with Crippen LogP contribution in [0.15, 0.2) is 29.6 Å². The minimum Gasteiger partial charge on any atom is -0.368 e. The van der Waals surface area contributed by atoms with Gasteiger partial charge in [0.1, 0.15) is 5.03 Å². The molecule has 0 aromatic carbocycles. The SMILES string of the molecule is CSc1ncccc1C(=O)N1CC[C@H]2[C@H](C1)OCc1cnnn12. The second kappa shape index (κ2) is 5.93. The standard InChI is InChI=1S/C15H17N5O2S/c1-23-14-11(3-2-5-16-14)15(21)19-6-4-12-13(8-19)22-9-10-7-17-18-20(10)12/h2-3,5,7,12-13H,4,6,8-9H2,1H3/t12-,13-/m0/s1. The van der Waals surface area contributed by atoms with Gasteiger partial charge in [-0.3, -0.25) is 4.79 Å². The third kappa shape index (κ3) is 2.51. The van der Waals surface area contributed by atoms with E-state index in [1.54, 1.807) is 18.5 Å². The lowest BCUT2D eigenvalue weighted by Crippen LogP contribution is -2.50. The third-order valence-corrected chi connectivity index (χ3v) is 5.13. The van der Waals surface area contributed by atoms with E-state index in [4.69, 9.17) is 4.74 Å². The molecule has 8 heteroatoms. The Kier molecular flexibility index (Phi) is 3.78. The number of carbonyl (C=O) groups excluding carboxylic acids is 1. The summed E-state index contributed by atoms with van der Waals surface area (Å²) in [7, 11) is 0. The van der Waals surface area contributed by atoms with Crippen LogP contribution in [-0.4, -0.2) is 56.2 Å². The first-order valence-corrected chi connectivity index (χ1v) is 8.79. The smallest absolute Gasteiger partial charge is 0.256 e. The van der Waals surface area contributed by atoms with Crippen LogP contribution >= 0.6 is 11.8 Å². The Morgan fingerprint density at radius 1 is 1.48 bits per heavy atom. The first-order valence-electron chi connectivity index (χ1n) is 7.57. The summed E-state index contributed by atoms with van der Waals surface area (Å²) in [5.74, 6) is 0.0221. The van der Waals surface area contributed by atoms with Gasteiger partial charge in [-0.15, -0.1) is 16.9 Å². The fraction of sp³-hybridized carbons (Fsp3) is 0.467. The molecule has 4 rings (SSSR count). The number of hydrogen-bond acceptors (Lipinski definition) is 6. The maximum atomic E-state index is 12.8. The predicted octanol–water partition coefficient (Wildman–Crippen LogP) is 1.38. The van der Waals surface area contributed by atoms with Gasteiger partial charge in [-0.1, -0.05) is 5.21 Å². The number of piperidine rings is 1. The van der Waals surface area contributed by atoms with E-state index in [-0.39, 0.29) is 18.1 Å². The number of rotatable bonds is 2. The van der Waals surface area contributed by atoms with Crippen LogP contribution in [0, 0.1) is 0 Å². The van der Waals surface area contributed by atoms with Crippen LogP contribution in [-0.2, 0) is 11.3 Å². The van der Waals surface area contributed by atoms with Crippen LogP contribution < -0.4 is 0 Å². The van der Waals surface area contributed by atoms with Crippen molar-refractivity contribution in [3.63, 3.8) is 0 Å². The predicted molar refractivity (Wildman–Crippen MR) is 84.2 cm³/mol. The molecule has 23 heavy (non-hydrogen) atoms. The van der Waals surface area contributed by atoms with Crippen molar-refractivity contribution in [2.75, 3.05) is 19.3 Å². The van der Waals surface area contributed by atoms with E-state index in [1.807, 2.05) is 21.9 Å². The number of hydrogen-bond donors (Lipinski definition) is 0. The summed E-state index contributed by atoms with van der Waals surface area (Å²) >= 11 is 1.49. The van der Waals surface area contributed by atoms with Gasteiger partial charge in [0, 0.05) is 19.3 Å². The highest BCUT2D eigenvalue weighted by Crippen LogP contribution is 2.31. The molecule has 0 radical (unpaired) electrons. The number of ether oxygens (including phenoxy) is 1. The number of nitrogens with zero attached hydrogens (tertiary/aromatic N) is 5. The first kappa shape index (κ1) is 14.6. The van der Waals surface area contributed by atoms with Crippen molar-refractivity contribution in [1.82, 2.24) is 24.9 Å². The largest absolute Gasteiger partial charge is 0.368 e. The topological polar surface area (TPSA) is 73.1 Å². The lowest BCUT2D eigenvalue weighted by molar-refractivity contribution is -0.0628. The maximum absolute atomic E-state index is 12.8. The Morgan fingerprint density at radius 2 is 2.39 bits per heavy atom. The molecular weight excluding hydrogens is 314 g/mol. The lowest BCUT2D eigenvalue weighted by Gasteiger charge is -2.41. The van der Waals surface area contributed by atoms with E-state index in [1.165, 1.54) is 11.8 Å². The summed E-state index contributed by atoms with van der Waals surface area (Å²) in [5.41, 5.74) is 1.67. The van der Waals surface area contributed by atoms with Crippen LogP contribution in [0.4, 0.5) is 0 Å². The lowest BCUT2D eigenvalue weighted by atomic mass is 9.99. The number of fused-ring (bicyclic) bond motifs is 3. The van der Waals surface area contributed by atoms with Crippen LogP contribution in [0.1, 0.15) is 28.5 Å². The van der Waals surface area contributed by atoms with Crippen LogP contribution in [0.2, 0.25) is 0 Å². The molecule has 2 aliphatic heterocycles. The van der Waals surface area contributed by atoms with Crippen molar-refractivity contribution < 1.29 is 9.53 Å². The zero-order valence-corrected chi connectivity index (χ0v) is 13.6. The molecule has 1 amide bonds. The van der Waals surface area contributed by atoms with Crippen molar-refractivity contribution in [3.8, 4) is 0 Å². The summed E-state index contributed by atoms with van der Waals surface area (Å²) in [4.78, 5) is 19.0. The Balaban J connectivity index is 1.54. The monoisotopic (exact) mass is 331 g/mol. The Morgan fingerprint density at radius 3 is 3.26 bits per heavy atom. The second-order valence-electron chi connectivity index (χ2n) is 5.69. The number of thioether (sulfide) groups is 1. The number of amides is 1. The highest BCUT2D eigenvalue weighted by atomic mass is 32.2. The van der Waals surface area contributed by atoms with Gasteiger partial charge in [0.2, 0.25) is 0 Å². The van der Waals surface area contributed by atoms with Gasteiger partial charge in [0.05, 0.1) is 36.2 Å². The van der Waals surface area contributed by atoms with Crippen molar-refractivity contribution in [1.29, 1.82) is 0 Å². The molecule has 0 aliphatic carbocycles. The van der Waals surface area contributed by atoms with Crippen molar-refractivity contribution in [3.05, 3.63) is 35.8 Å². The van der Waals surface area contributed by atoms with Crippen molar-refractivity contribution in [2.45, 2.75) is 30.2 Å². The Hall–Kier alpha value is -1.93. The molecule has 120 valence electrons. The minimum absolute atomic E-state index is 0.0221. The van der Waals surface area contributed by atoms with Gasteiger partial charge < -0.3 is 9.64 Å². The number of likely N-dealkylation sites (tertiary alicyclic amines) is 1. The fourth-order valence-electron chi connectivity index (χ4n) is 3.26. The van der Waals surface area contributed by atoms with Crippen molar-refractivity contribution >= 4 is 17.7 Å². The van der Waals surface area contributed by atoms with Gasteiger partial charge in [-0.25, -0.2) is 9.67 Å². The zero-order chi connectivity index (χ0) is 15.8. The van der Waals surface area contributed by atoms with E-state index in [2.05, 4.69) is 15.3 Å². The molecule has 0 N–H and O–H groups in total. The molecule has 4 heterocycles. The molecule has 2 atom stereocenters. The van der Waals surface area contributed by atoms with Gasteiger partial charge in [-0.2, -0.15) is 0 Å². The number of pyridine rings is 1. The summed E-state index contributed by atoms with van der Waals surface area (Å²) in [5, 5.41) is 8.89. The zero-order valence-electron chi connectivity index (χ0n) is 12.8. The van der Waals surface area contributed by atoms with E-state index < -0.39 is 0 Å². The van der Waals surface area contributed by atoms with E-state index in [9.17, 15) is 4.79 Å². The minimum atomic E-state index is -0.0312. The maximum Gasteiger partial charge on any atom is 0.256 e. The van der Waals surface area contributed by atoms with E-state index in [0.29, 0.717) is 25.3 Å². The molecule has 1 fully saturated rings. The van der Waals surface area contributed by atoms with E-state index in [0.717, 1.165) is 17.1 Å². The highest BCUT2D eigenvalue weighted by molar-refractivity contribution is 7.98. The average Bonchev–Trinajstić information content (AvgIpc) is 3.09. The molecule has 2 aromatic heterocycles. The molecule has 0 bridgehead atoms. The number of carbonyl (C=O) groups is 1. The van der Waals surface area contributed by atoms with Crippen LogP contribution in [0.25, 0.3) is 0 Å². The van der Waals surface area contributed by atoms with E-state index >= 15 is 0 Å². The Bertz CT molecular complexity index is 734. The van der Waals surface area contributed by atoms with Gasteiger partial charge in [0.25, 0.3) is 5.91 Å². The van der Waals surface area contributed by atoms with Crippen LogP contribution in [0.5, 0.6) is 0 Å². The number of aromatic nitrogens is 4.